The first kappa shape index (κ1) is 17.7. The number of hydrogen-bond acceptors (Lipinski definition) is 7. The summed E-state index contributed by atoms with van der Waals surface area (Å²) < 4.78 is 24.7. The summed E-state index contributed by atoms with van der Waals surface area (Å²) in [5, 5.41) is 9.86. The summed E-state index contributed by atoms with van der Waals surface area (Å²) in [6.45, 7) is 4.02. The Bertz CT molecular complexity index is 1120. The van der Waals surface area contributed by atoms with Crippen molar-refractivity contribution >= 4 is 28.5 Å². The normalized spacial score (nSPS) is 18.7. The molecule has 9 heteroatoms. The first-order valence-corrected chi connectivity index (χ1v) is 9.45. The monoisotopic (exact) mass is 397 g/mol. The minimum absolute atomic E-state index is 0.0110. The number of carbonyl (C=O) groups excluding carboxylic acids is 1. The van der Waals surface area contributed by atoms with Gasteiger partial charge in [0.1, 0.15) is 29.5 Å². The van der Waals surface area contributed by atoms with Crippen LogP contribution in [0.25, 0.3) is 11.1 Å². The molecule has 1 fully saturated rings. The standard InChI is InChI=1S/C20H20FN5O3/c1-10-15(16-17(26-20(2)5-6-20)23-9-24-19(16)28-10)18(27)22-8-14-25-12-7-11(21)3-4-13(12)29-14/h3-4,7,9,14,25H,5-6,8H2,1-2H3,(H,22,27)(H,23,24,26). The van der Waals surface area contributed by atoms with E-state index >= 15 is 0 Å². The fourth-order valence-corrected chi connectivity index (χ4v) is 3.45. The number of aryl methyl sites for hydroxylation is 1. The van der Waals surface area contributed by atoms with E-state index < -0.39 is 6.23 Å². The van der Waals surface area contributed by atoms with E-state index in [-0.39, 0.29) is 23.8 Å². The van der Waals surface area contributed by atoms with Crippen LogP contribution in [0.3, 0.4) is 0 Å². The summed E-state index contributed by atoms with van der Waals surface area (Å²) in [7, 11) is 0. The van der Waals surface area contributed by atoms with Gasteiger partial charge in [-0.05, 0) is 38.8 Å². The maximum atomic E-state index is 13.3. The van der Waals surface area contributed by atoms with Crippen LogP contribution >= 0.6 is 0 Å². The average Bonchev–Trinajstić information content (AvgIpc) is 3.11. The van der Waals surface area contributed by atoms with Crippen LogP contribution in [-0.4, -0.2) is 34.2 Å². The highest BCUT2D eigenvalue weighted by molar-refractivity contribution is 6.10. The second-order valence-corrected chi connectivity index (χ2v) is 7.72. The van der Waals surface area contributed by atoms with Crippen LogP contribution in [0, 0.1) is 12.7 Å². The van der Waals surface area contributed by atoms with Crippen LogP contribution in [0.5, 0.6) is 5.75 Å². The van der Waals surface area contributed by atoms with Crippen molar-refractivity contribution in [1.82, 2.24) is 15.3 Å². The van der Waals surface area contributed by atoms with Crippen molar-refractivity contribution < 1.29 is 18.3 Å². The Hall–Kier alpha value is -3.36. The second kappa shape index (κ2) is 6.33. The molecule has 3 aromatic rings. The van der Waals surface area contributed by atoms with Crippen molar-refractivity contribution in [3.8, 4) is 5.75 Å². The third-order valence-electron chi connectivity index (χ3n) is 5.29. The van der Waals surface area contributed by atoms with Gasteiger partial charge >= 0.3 is 0 Å². The number of furan rings is 1. The zero-order valence-corrected chi connectivity index (χ0v) is 16.0. The quantitative estimate of drug-likeness (QED) is 0.608. The Kier molecular flexibility index (Phi) is 3.87. The van der Waals surface area contributed by atoms with Crippen LogP contribution in [0.15, 0.2) is 28.9 Å². The summed E-state index contributed by atoms with van der Waals surface area (Å²) >= 11 is 0. The van der Waals surface area contributed by atoms with Crippen LogP contribution in [0.4, 0.5) is 15.9 Å². The van der Waals surface area contributed by atoms with Crippen molar-refractivity contribution in [3.05, 3.63) is 41.7 Å². The Labute approximate surface area is 165 Å². The third kappa shape index (κ3) is 3.22. The van der Waals surface area contributed by atoms with Crippen molar-refractivity contribution in [3.63, 3.8) is 0 Å². The summed E-state index contributed by atoms with van der Waals surface area (Å²) in [4.78, 5) is 21.4. The molecule has 8 nitrogen and oxygen atoms in total. The molecule has 0 spiro atoms. The molecule has 1 aliphatic carbocycles. The van der Waals surface area contributed by atoms with E-state index in [1.165, 1.54) is 18.5 Å². The van der Waals surface area contributed by atoms with Gasteiger partial charge in [0.2, 0.25) is 5.71 Å². The molecule has 29 heavy (non-hydrogen) atoms. The van der Waals surface area contributed by atoms with Crippen LogP contribution in [0.2, 0.25) is 0 Å². The first-order valence-electron chi connectivity index (χ1n) is 9.45. The number of benzene rings is 1. The van der Waals surface area contributed by atoms with Gasteiger partial charge in [0, 0.05) is 11.6 Å². The van der Waals surface area contributed by atoms with Crippen molar-refractivity contribution in [1.29, 1.82) is 0 Å². The van der Waals surface area contributed by atoms with Gasteiger partial charge in [-0.1, -0.05) is 0 Å². The maximum Gasteiger partial charge on any atom is 0.255 e. The lowest BCUT2D eigenvalue weighted by Crippen LogP contribution is -2.37. The summed E-state index contributed by atoms with van der Waals surface area (Å²) in [5.74, 6) is 0.943. The molecule has 1 atom stereocenters. The minimum atomic E-state index is -0.492. The highest BCUT2D eigenvalue weighted by Gasteiger charge is 2.38. The molecule has 2 aromatic heterocycles. The Morgan fingerprint density at radius 3 is 3.00 bits per heavy atom. The molecule has 1 aromatic carbocycles. The molecule has 2 aliphatic rings. The number of nitrogens with one attached hydrogen (secondary N) is 3. The Morgan fingerprint density at radius 2 is 2.21 bits per heavy atom. The molecule has 0 radical (unpaired) electrons. The number of carbonyl (C=O) groups is 1. The van der Waals surface area contributed by atoms with E-state index in [0.717, 1.165) is 12.8 Å². The number of hydrogen-bond donors (Lipinski definition) is 3. The molecular formula is C20H20FN5O3. The van der Waals surface area contributed by atoms with Crippen LogP contribution in [-0.2, 0) is 0 Å². The fourth-order valence-electron chi connectivity index (χ4n) is 3.45. The predicted molar refractivity (Wildman–Crippen MR) is 105 cm³/mol. The number of nitrogens with zero attached hydrogens (tertiary/aromatic N) is 2. The zero-order chi connectivity index (χ0) is 20.2. The van der Waals surface area contributed by atoms with Crippen LogP contribution < -0.4 is 20.7 Å². The number of amides is 1. The summed E-state index contributed by atoms with van der Waals surface area (Å²) in [6, 6.07) is 4.25. The van der Waals surface area contributed by atoms with E-state index in [0.29, 0.717) is 39.7 Å². The number of aromatic nitrogens is 2. The van der Waals surface area contributed by atoms with Gasteiger partial charge in [-0.15, -0.1) is 0 Å². The SMILES string of the molecule is Cc1oc2ncnc(NC3(C)CC3)c2c1C(=O)NCC1Nc2cc(F)ccc2O1. The molecule has 1 aliphatic heterocycles. The molecule has 1 saturated carbocycles. The number of rotatable bonds is 5. The molecule has 5 rings (SSSR count). The largest absolute Gasteiger partial charge is 0.467 e. The van der Waals surface area contributed by atoms with E-state index in [1.54, 1.807) is 13.0 Å². The lowest BCUT2D eigenvalue weighted by atomic mass is 10.1. The lowest BCUT2D eigenvalue weighted by Gasteiger charge is -2.14. The number of anilines is 2. The number of fused-ring (bicyclic) bond motifs is 2. The van der Waals surface area contributed by atoms with Gasteiger partial charge in [0.05, 0.1) is 23.2 Å². The highest BCUT2D eigenvalue weighted by Crippen LogP contribution is 2.40. The minimum Gasteiger partial charge on any atom is -0.467 e. The lowest BCUT2D eigenvalue weighted by molar-refractivity contribution is 0.0937. The molecule has 0 bridgehead atoms. The first-order chi connectivity index (χ1) is 13.9. The molecule has 3 N–H and O–H groups in total. The zero-order valence-electron chi connectivity index (χ0n) is 16.0. The predicted octanol–water partition coefficient (Wildman–Crippen LogP) is 3.20. The Balaban J connectivity index is 1.35. The molecule has 1 unspecified atom stereocenters. The van der Waals surface area contributed by atoms with Crippen LogP contribution in [0.1, 0.15) is 35.9 Å². The van der Waals surface area contributed by atoms with Gasteiger partial charge in [0.15, 0.2) is 6.23 Å². The summed E-state index contributed by atoms with van der Waals surface area (Å²) in [6.07, 6.45) is 3.02. The number of ether oxygens (including phenoxy) is 1. The molecular weight excluding hydrogens is 377 g/mol. The third-order valence-corrected chi connectivity index (χ3v) is 5.29. The van der Waals surface area contributed by atoms with E-state index in [9.17, 15) is 9.18 Å². The Morgan fingerprint density at radius 1 is 1.38 bits per heavy atom. The van der Waals surface area contributed by atoms with Crippen molar-refractivity contribution in [2.24, 2.45) is 0 Å². The van der Waals surface area contributed by atoms with Gasteiger partial charge in [-0.25, -0.2) is 14.4 Å². The molecule has 0 saturated heterocycles. The maximum absolute atomic E-state index is 13.3. The summed E-state index contributed by atoms with van der Waals surface area (Å²) in [5.41, 5.74) is 1.32. The van der Waals surface area contributed by atoms with Gasteiger partial charge in [-0.2, -0.15) is 0 Å². The van der Waals surface area contributed by atoms with E-state index in [1.807, 2.05) is 0 Å². The van der Waals surface area contributed by atoms with Crippen molar-refractivity contribution in [2.75, 3.05) is 17.2 Å². The smallest absolute Gasteiger partial charge is 0.255 e. The topological polar surface area (TPSA) is 101 Å². The fraction of sp³-hybridized carbons (Fsp3) is 0.350. The van der Waals surface area contributed by atoms with Gasteiger partial charge < -0.3 is 25.1 Å². The van der Waals surface area contributed by atoms with Gasteiger partial charge in [0.25, 0.3) is 5.91 Å². The molecule has 1 amide bonds. The van der Waals surface area contributed by atoms with E-state index in [4.69, 9.17) is 9.15 Å². The average molecular weight is 397 g/mol. The van der Waals surface area contributed by atoms with Gasteiger partial charge in [-0.3, -0.25) is 4.79 Å². The molecule has 3 heterocycles. The van der Waals surface area contributed by atoms with Crippen molar-refractivity contribution in [2.45, 2.75) is 38.5 Å². The molecule has 150 valence electrons. The highest BCUT2D eigenvalue weighted by atomic mass is 19.1. The van der Waals surface area contributed by atoms with E-state index in [2.05, 4.69) is 32.8 Å². The second-order valence-electron chi connectivity index (χ2n) is 7.72. The number of halogens is 1.